The van der Waals surface area contributed by atoms with E-state index in [1.165, 1.54) is 0 Å². The fraction of sp³-hybridized carbons (Fsp3) is 0.417. The van der Waals surface area contributed by atoms with Crippen molar-refractivity contribution < 1.29 is 23.8 Å². The summed E-state index contributed by atoms with van der Waals surface area (Å²) in [4.78, 5) is 29.0. The molecule has 0 saturated carbocycles. The molecule has 2 aromatic rings. The number of benzene rings is 2. The highest BCUT2D eigenvalue weighted by atomic mass is 16.6. The van der Waals surface area contributed by atoms with Crippen LogP contribution in [0.4, 0.5) is 10.5 Å². The Bertz CT molecular complexity index is 931. The Morgan fingerprint density at radius 3 is 2.32 bits per heavy atom. The first-order valence-corrected chi connectivity index (χ1v) is 10.4. The highest BCUT2D eigenvalue weighted by molar-refractivity contribution is 5.94. The summed E-state index contributed by atoms with van der Waals surface area (Å²) in [7, 11) is 3.13. The van der Waals surface area contributed by atoms with Crippen molar-refractivity contribution in [3.63, 3.8) is 0 Å². The van der Waals surface area contributed by atoms with Crippen molar-refractivity contribution in [3.05, 3.63) is 53.6 Å². The van der Waals surface area contributed by atoms with E-state index in [0.29, 0.717) is 24.5 Å². The largest absolute Gasteiger partial charge is 0.493 e. The fourth-order valence-corrected chi connectivity index (χ4v) is 4.22. The minimum absolute atomic E-state index is 0.0647. The average Bonchev–Trinajstić information content (AvgIpc) is 2.76. The molecule has 0 N–H and O–H groups in total. The highest BCUT2D eigenvalue weighted by Crippen LogP contribution is 2.46. The summed E-state index contributed by atoms with van der Waals surface area (Å²) in [6, 6.07) is 13.1. The van der Waals surface area contributed by atoms with Crippen molar-refractivity contribution in [3.8, 4) is 11.5 Å². The van der Waals surface area contributed by atoms with E-state index in [1.54, 1.807) is 37.9 Å². The zero-order valence-corrected chi connectivity index (χ0v) is 18.8. The van der Waals surface area contributed by atoms with Crippen molar-refractivity contribution >= 4 is 17.7 Å². The van der Waals surface area contributed by atoms with E-state index < -0.39 is 0 Å². The van der Waals surface area contributed by atoms with Crippen LogP contribution in [0.5, 0.6) is 11.5 Å². The standard InChI is InChI=1S/C24H30N2O5/c1-6-31-24(28)25(15-18-10-8-7-9-11-18)20-12-16(2)26(17(3)27)21-14-23(30-5)22(29-4)13-19(20)21/h7-11,13-14,16,20H,6,12,15H2,1-5H3. The number of ether oxygens (including phenoxy) is 3. The van der Waals surface area contributed by atoms with Gasteiger partial charge in [-0.1, -0.05) is 30.3 Å². The van der Waals surface area contributed by atoms with Crippen molar-refractivity contribution in [2.45, 2.75) is 45.8 Å². The van der Waals surface area contributed by atoms with Gasteiger partial charge in [0.05, 0.1) is 32.6 Å². The molecule has 0 radical (unpaired) electrons. The lowest BCUT2D eigenvalue weighted by Gasteiger charge is -2.43. The molecular weight excluding hydrogens is 396 g/mol. The van der Waals surface area contributed by atoms with Crippen LogP contribution in [-0.2, 0) is 16.1 Å². The quantitative estimate of drug-likeness (QED) is 0.678. The first kappa shape index (κ1) is 22.5. The van der Waals surface area contributed by atoms with E-state index in [-0.39, 0.29) is 30.7 Å². The van der Waals surface area contributed by atoms with Crippen LogP contribution < -0.4 is 14.4 Å². The molecule has 2 aromatic carbocycles. The maximum atomic E-state index is 13.0. The second-order valence-electron chi connectivity index (χ2n) is 7.57. The predicted octanol–water partition coefficient (Wildman–Crippen LogP) is 4.55. The van der Waals surface area contributed by atoms with Gasteiger partial charge < -0.3 is 19.1 Å². The summed E-state index contributed by atoms with van der Waals surface area (Å²) >= 11 is 0. The van der Waals surface area contributed by atoms with E-state index in [1.807, 2.05) is 49.4 Å². The number of carbonyl (C=O) groups is 2. The average molecular weight is 427 g/mol. The second kappa shape index (κ2) is 9.73. The monoisotopic (exact) mass is 426 g/mol. The van der Waals surface area contributed by atoms with Crippen LogP contribution in [0.25, 0.3) is 0 Å². The fourth-order valence-electron chi connectivity index (χ4n) is 4.22. The molecule has 0 aromatic heterocycles. The Morgan fingerprint density at radius 2 is 1.74 bits per heavy atom. The number of methoxy groups -OCH3 is 2. The maximum absolute atomic E-state index is 13.0. The van der Waals surface area contributed by atoms with Crippen LogP contribution in [0.3, 0.4) is 0 Å². The molecule has 2 amide bonds. The van der Waals surface area contributed by atoms with Crippen LogP contribution in [0.2, 0.25) is 0 Å². The lowest BCUT2D eigenvalue weighted by Crippen LogP contribution is -2.47. The van der Waals surface area contributed by atoms with Gasteiger partial charge in [-0.05, 0) is 31.9 Å². The molecule has 7 heteroatoms. The molecule has 31 heavy (non-hydrogen) atoms. The van der Waals surface area contributed by atoms with Crippen molar-refractivity contribution in [2.75, 3.05) is 25.7 Å². The molecule has 0 aliphatic carbocycles. The second-order valence-corrected chi connectivity index (χ2v) is 7.57. The molecule has 2 unspecified atom stereocenters. The Balaban J connectivity index is 2.14. The summed E-state index contributed by atoms with van der Waals surface area (Å²) < 4.78 is 16.4. The zero-order valence-electron chi connectivity index (χ0n) is 18.8. The first-order chi connectivity index (χ1) is 14.9. The summed E-state index contributed by atoms with van der Waals surface area (Å²) in [6.45, 7) is 6.00. The minimum atomic E-state index is -0.388. The van der Waals surface area contributed by atoms with Crippen molar-refractivity contribution in [1.82, 2.24) is 4.90 Å². The van der Waals surface area contributed by atoms with Gasteiger partial charge in [-0.3, -0.25) is 9.69 Å². The van der Waals surface area contributed by atoms with E-state index >= 15 is 0 Å². The third-order valence-electron chi connectivity index (χ3n) is 5.57. The zero-order chi connectivity index (χ0) is 22.5. The number of fused-ring (bicyclic) bond motifs is 1. The van der Waals surface area contributed by atoms with E-state index in [0.717, 1.165) is 16.8 Å². The van der Waals surface area contributed by atoms with Gasteiger partial charge >= 0.3 is 6.09 Å². The normalized spacial score (nSPS) is 17.5. The molecule has 0 spiro atoms. The number of hydrogen-bond acceptors (Lipinski definition) is 5. The molecule has 3 rings (SSSR count). The number of carbonyl (C=O) groups excluding carboxylic acids is 2. The lowest BCUT2D eigenvalue weighted by atomic mass is 9.89. The van der Waals surface area contributed by atoms with Gasteiger partial charge in [0.2, 0.25) is 5.91 Å². The molecule has 1 aliphatic heterocycles. The first-order valence-electron chi connectivity index (χ1n) is 10.4. The molecule has 0 saturated heterocycles. The van der Waals surface area contributed by atoms with Crippen molar-refractivity contribution in [1.29, 1.82) is 0 Å². The minimum Gasteiger partial charge on any atom is -0.493 e. The van der Waals surface area contributed by atoms with Crippen LogP contribution in [0.1, 0.15) is 44.4 Å². The number of nitrogens with zero attached hydrogens (tertiary/aromatic N) is 2. The van der Waals surface area contributed by atoms with Gasteiger partial charge in [-0.25, -0.2) is 4.79 Å². The lowest BCUT2D eigenvalue weighted by molar-refractivity contribution is -0.117. The maximum Gasteiger partial charge on any atom is 0.410 e. The predicted molar refractivity (Wildman–Crippen MR) is 119 cm³/mol. The Kier molecular flexibility index (Phi) is 7.05. The third kappa shape index (κ3) is 4.60. The molecule has 2 atom stereocenters. The van der Waals surface area contributed by atoms with E-state index in [2.05, 4.69) is 0 Å². The van der Waals surface area contributed by atoms with Crippen molar-refractivity contribution in [2.24, 2.45) is 0 Å². The number of anilines is 1. The van der Waals surface area contributed by atoms with Crippen LogP contribution in [0.15, 0.2) is 42.5 Å². The molecule has 166 valence electrons. The number of hydrogen-bond donors (Lipinski definition) is 0. The van der Waals surface area contributed by atoms with Gasteiger partial charge in [-0.2, -0.15) is 0 Å². The topological polar surface area (TPSA) is 68.3 Å². The summed E-state index contributed by atoms with van der Waals surface area (Å²) in [5, 5.41) is 0. The van der Waals surface area contributed by atoms with E-state index in [9.17, 15) is 9.59 Å². The molecule has 0 bridgehead atoms. The third-order valence-corrected chi connectivity index (χ3v) is 5.57. The molecule has 7 nitrogen and oxygen atoms in total. The van der Waals surface area contributed by atoms with Gasteiger partial charge in [0, 0.05) is 31.1 Å². The van der Waals surface area contributed by atoms with Gasteiger partial charge in [0.15, 0.2) is 11.5 Å². The molecular formula is C24H30N2O5. The van der Waals surface area contributed by atoms with Gasteiger partial charge in [-0.15, -0.1) is 0 Å². The Hall–Kier alpha value is -3.22. The molecule has 1 aliphatic rings. The number of amides is 2. The van der Waals surface area contributed by atoms with Crippen LogP contribution in [0, 0.1) is 0 Å². The van der Waals surface area contributed by atoms with Crippen LogP contribution in [-0.4, -0.2) is 43.8 Å². The Morgan fingerprint density at radius 1 is 1.10 bits per heavy atom. The highest BCUT2D eigenvalue weighted by Gasteiger charge is 2.38. The number of rotatable bonds is 6. The van der Waals surface area contributed by atoms with Gasteiger partial charge in [0.1, 0.15) is 0 Å². The SMILES string of the molecule is CCOC(=O)N(Cc1ccccc1)C1CC(C)N(C(C)=O)c2cc(OC)c(OC)cc21. The summed E-state index contributed by atoms with van der Waals surface area (Å²) in [6.07, 6.45) is 0.189. The van der Waals surface area contributed by atoms with Crippen LogP contribution >= 0.6 is 0 Å². The smallest absolute Gasteiger partial charge is 0.410 e. The molecule has 1 heterocycles. The summed E-state index contributed by atoms with van der Waals surface area (Å²) in [5.41, 5.74) is 2.55. The van der Waals surface area contributed by atoms with Gasteiger partial charge in [0.25, 0.3) is 0 Å². The van der Waals surface area contributed by atoms with E-state index in [4.69, 9.17) is 14.2 Å². The molecule has 0 fully saturated rings. The summed E-state index contributed by atoms with van der Waals surface area (Å²) in [5.74, 6) is 1.02. The Labute approximate surface area is 183 Å².